The molecule has 1 aromatic carbocycles. The van der Waals surface area contributed by atoms with Crippen LogP contribution in [0.25, 0.3) is 0 Å². The van der Waals surface area contributed by atoms with Crippen molar-refractivity contribution in [2.75, 3.05) is 31.1 Å². The van der Waals surface area contributed by atoms with Gasteiger partial charge in [-0.25, -0.2) is 4.79 Å². The molecule has 2 fully saturated rings. The first-order valence-electron chi connectivity index (χ1n) is 8.32. The first-order chi connectivity index (χ1) is 10.7. The number of carbonyl (C=O) groups excluding carboxylic acids is 1. The fourth-order valence-corrected chi connectivity index (χ4v) is 3.77. The molecule has 0 aromatic heterocycles. The Morgan fingerprint density at radius 3 is 2.23 bits per heavy atom. The van der Waals surface area contributed by atoms with Gasteiger partial charge in [0.2, 0.25) is 0 Å². The summed E-state index contributed by atoms with van der Waals surface area (Å²) in [6, 6.07) is 11.2. The molecule has 5 nitrogen and oxygen atoms in total. The maximum Gasteiger partial charge on any atom is 0.312 e. The van der Waals surface area contributed by atoms with E-state index >= 15 is 0 Å². The number of hydrogen-bond donors (Lipinski definition) is 2. The van der Waals surface area contributed by atoms with Gasteiger partial charge < -0.3 is 16.0 Å². The van der Waals surface area contributed by atoms with Gasteiger partial charge in [0.15, 0.2) is 0 Å². The topological polar surface area (TPSA) is 61.6 Å². The van der Waals surface area contributed by atoms with Crippen LogP contribution in [0.5, 0.6) is 0 Å². The van der Waals surface area contributed by atoms with E-state index in [0.29, 0.717) is 6.04 Å². The van der Waals surface area contributed by atoms with Crippen LogP contribution in [0.3, 0.4) is 0 Å². The average molecular weight is 302 g/mol. The number of amides is 2. The number of urea groups is 1. The summed E-state index contributed by atoms with van der Waals surface area (Å²) < 4.78 is 0. The third kappa shape index (κ3) is 3.71. The van der Waals surface area contributed by atoms with Crippen LogP contribution in [0.15, 0.2) is 30.3 Å². The monoisotopic (exact) mass is 302 g/mol. The lowest BCUT2D eigenvalue weighted by Gasteiger charge is -2.42. The van der Waals surface area contributed by atoms with E-state index in [-0.39, 0.29) is 12.1 Å². The van der Waals surface area contributed by atoms with Crippen molar-refractivity contribution < 1.29 is 4.79 Å². The number of nitrogens with zero attached hydrogens (tertiary/aromatic N) is 2. The molecule has 5 heteroatoms. The molecule has 22 heavy (non-hydrogen) atoms. The van der Waals surface area contributed by atoms with Gasteiger partial charge in [-0.1, -0.05) is 18.2 Å². The van der Waals surface area contributed by atoms with Crippen LogP contribution in [-0.4, -0.2) is 49.2 Å². The van der Waals surface area contributed by atoms with Gasteiger partial charge in [0.1, 0.15) is 0 Å². The molecule has 1 heterocycles. The van der Waals surface area contributed by atoms with E-state index in [4.69, 9.17) is 5.73 Å². The van der Waals surface area contributed by atoms with E-state index in [1.807, 2.05) is 0 Å². The van der Waals surface area contributed by atoms with Crippen LogP contribution in [0.4, 0.5) is 10.5 Å². The predicted octanol–water partition coefficient (Wildman–Crippen LogP) is 1.79. The van der Waals surface area contributed by atoms with Crippen molar-refractivity contribution in [1.82, 2.24) is 10.2 Å². The number of carbonyl (C=O) groups is 1. The molecule has 1 saturated carbocycles. The molecule has 1 aliphatic heterocycles. The summed E-state index contributed by atoms with van der Waals surface area (Å²) in [6.07, 6.45) is 4.42. The van der Waals surface area contributed by atoms with Gasteiger partial charge in [-0.05, 0) is 37.8 Å². The normalized spacial score (nSPS) is 26.6. The van der Waals surface area contributed by atoms with Crippen molar-refractivity contribution in [3.63, 3.8) is 0 Å². The number of anilines is 1. The number of primary amides is 1. The second kappa shape index (κ2) is 7.01. The third-order valence-corrected chi connectivity index (χ3v) is 5.00. The molecule has 1 saturated heterocycles. The van der Waals surface area contributed by atoms with E-state index in [9.17, 15) is 4.79 Å². The van der Waals surface area contributed by atoms with Crippen LogP contribution in [0.1, 0.15) is 25.7 Å². The van der Waals surface area contributed by atoms with Gasteiger partial charge in [0.05, 0.1) is 0 Å². The Morgan fingerprint density at radius 2 is 1.64 bits per heavy atom. The van der Waals surface area contributed by atoms with Gasteiger partial charge in [-0.3, -0.25) is 4.90 Å². The SMILES string of the molecule is NC(=O)NC1CCC(N2CCN(c3ccccc3)CC2)CC1. The summed E-state index contributed by atoms with van der Waals surface area (Å²) in [5.74, 6) is 0. The van der Waals surface area contributed by atoms with Gasteiger partial charge in [0.25, 0.3) is 0 Å². The molecule has 2 aliphatic rings. The van der Waals surface area contributed by atoms with Gasteiger partial charge in [-0.2, -0.15) is 0 Å². The van der Waals surface area contributed by atoms with Gasteiger partial charge in [0, 0.05) is 44.0 Å². The smallest absolute Gasteiger partial charge is 0.312 e. The lowest BCUT2D eigenvalue weighted by molar-refractivity contribution is 0.137. The molecule has 3 N–H and O–H groups in total. The molecule has 2 amide bonds. The predicted molar refractivity (Wildman–Crippen MR) is 89.0 cm³/mol. The Hall–Kier alpha value is -1.75. The molecular weight excluding hydrogens is 276 g/mol. The summed E-state index contributed by atoms with van der Waals surface area (Å²) in [6.45, 7) is 4.47. The summed E-state index contributed by atoms with van der Waals surface area (Å²) in [4.78, 5) is 16.0. The quantitative estimate of drug-likeness (QED) is 0.895. The van der Waals surface area contributed by atoms with Crippen molar-refractivity contribution in [3.8, 4) is 0 Å². The van der Waals surface area contributed by atoms with Crippen LogP contribution in [0, 0.1) is 0 Å². The second-order valence-corrected chi connectivity index (χ2v) is 6.37. The summed E-state index contributed by atoms with van der Waals surface area (Å²) in [5.41, 5.74) is 6.54. The molecule has 0 unspecified atom stereocenters. The van der Waals surface area contributed by atoms with Gasteiger partial charge >= 0.3 is 6.03 Å². The number of rotatable bonds is 3. The minimum Gasteiger partial charge on any atom is -0.369 e. The highest BCUT2D eigenvalue weighted by Crippen LogP contribution is 2.25. The second-order valence-electron chi connectivity index (χ2n) is 6.37. The van der Waals surface area contributed by atoms with Crippen LogP contribution >= 0.6 is 0 Å². The standard InChI is InChI=1S/C17H26N4O/c18-17(22)19-14-6-8-16(9-7-14)21-12-10-20(11-13-21)15-4-2-1-3-5-15/h1-5,14,16H,6-13H2,(H3,18,19,22). The van der Waals surface area contributed by atoms with Crippen molar-refractivity contribution in [1.29, 1.82) is 0 Å². The van der Waals surface area contributed by atoms with Crippen molar-refractivity contribution in [2.24, 2.45) is 5.73 Å². The summed E-state index contributed by atoms with van der Waals surface area (Å²) in [5, 5.41) is 2.85. The number of para-hydroxylation sites is 1. The van der Waals surface area contributed by atoms with Crippen LogP contribution < -0.4 is 16.0 Å². The lowest BCUT2D eigenvalue weighted by Crippen LogP contribution is -2.52. The number of nitrogens with one attached hydrogen (secondary N) is 1. The van der Waals surface area contributed by atoms with Crippen LogP contribution in [-0.2, 0) is 0 Å². The number of hydrogen-bond acceptors (Lipinski definition) is 3. The third-order valence-electron chi connectivity index (χ3n) is 5.00. The Labute approximate surface area is 132 Å². The van der Waals surface area contributed by atoms with Crippen molar-refractivity contribution >= 4 is 11.7 Å². The average Bonchev–Trinajstić information content (AvgIpc) is 2.56. The maximum absolute atomic E-state index is 10.9. The largest absolute Gasteiger partial charge is 0.369 e. The Morgan fingerprint density at radius 1 is 1.00 bits per heavy atom. The molecule has 0 atom stereocenters. The molecule has 1 aromatic rings. The number of piperazine rings is 1. The first kappa shape index (κ1) is 15.2. The van der Waals surface area contributed by atoms with Gasteiger partial charge in [-0.15, -0.1) is 0 Å². The zero-order chi connectivity index (χ0) is 15.4. The Bertz CT molecular complexity index is 477. The van der Waals surface area contributed by atoms with E-state index in [1.54, 1.807) is 0 Å². The zero-order valence-corrected chi connectivity index (χ0v) is 13.1. The minimum absolute atomic E-state index is 0.277. The molecule has 0 spiro atoms. The molecule has 1 aliphatic carbocycles. The van der Waals surface area contributed by atoms with E-state index < -0.39 is 0 Å². The highest BCUT2D eigenvalue weighted by molar-refractivity contribution is 5.71. The van der Waals surface area contributed by atoms with E-state index in [1.165, 1.54) is 5.69 Å². The summed E-state index contributed by atoms with van der Waals surface area (Å²) in [7, 11) is 0. The Balaban J connectivity index is 1.45. The molecule has 3 rings (SSSR count). The number of nitrogens with two attached hydrogens (primary N) is 1. The fraction of sp³-hybridized carbons (Fsp3) is 0.588. The van der Waals surface area contributed by atoms with E-state index in [2.05, 4.69) is 45.4 Å². The highest BCUT2D eigenvalue weighted by atomic mass is 16.2. The molecule has 120 valence electrons. The Kier molecular flexibility index (Phi) is 4.83. The molecule has 0 radical (unpaired) electrons. The minimum atomic E-state index is -0.389. The highest BCUT2D eigenvalue weighted by Gasteiger charge is 2.28. The fourth-order valence-electron chi connectivity index (χ4n) is 3.77. The summed E-state index contributed by atoms with van der Waals surface area (Å²) >= 11 is 0. The zero-order valence-electron chi connectivity index (χ0n) is 13.1. The maximum atomic E-state index is 10.9. The first-order valence-corrected chi connectivity index (χ1v) is 8.32. The lowest BCUT2D eigenvalue weighted by atomic mass is 9.90. The van der Waals surface area contributed by atoms with E-state index in [0.717, 1.165) is 51.9 Å². The van der Waals surface area contributed by atoms with Crippen molar-refractivity contribution in [3.05, 3.63) is 30.3 Å². The molecule has 0 bridgehead atoms. The van der Waals surface area contributed by atoms with Crippen molar-refractivity contribution in [2.45, 2.75) is 37.8 Å². The van der Waals surface area contributed by atoms with Crippen LogP contribution in [0.2, 0.25) is 0 Å². The number of benzene rings is 1. The molecular formula is C17H26N4O.